The Morgan fingerprint density at radius 1 is 1.15 bits per heavy atom. The van der Waals surface area contributed by atoms with Gasteiger partial charge < -0.3 is 14.9 Å². The predicted molar refractivity (Wildman–Crippen MR) is 99.9 cm³/mol. The van der Waals surface area contributed by atoms with Crippen molar-refractivity contribution in [3.63, 3.8) is 0 Å². The van der Waals surface area contributed by atoms with Crippen LogP contribution in [0, 0.1) is 11.2 Å². The van der Waals surface area contributed by atoms with Crippen LogP contribution in [0.3, 0.4) is 0 Å². The summed E-state index contributed by atoms with van der Waals surface area (Å²) >= 11 is 6.19. The lowest BCUT2D eigenvalue weighted by Gasteiger charge is -2.41. The summed E-state index contributed by atoms with van der Waals surface area (Å²) in [5, 5.41) is 9.88. The second-order valence-corrected chi connectivity index (χ2v) is 8.47. The third kappa shape index (κ3) is 3.09. The summed E-state index contributed by atoms with van der Waals surface area (Å²) in [7, 11) is 0. The highest BCUT2D eigenvalue weighted by atomic mass is 35.5. The van der Waals surface area contributed by atoms with Gasteiger partial charge in [-0.15, -0.1) is 0 Å². The Hall–Kier alpha value is -1.33. The lowest BCUT2D eigenvalue weighted by molar-refractivity contribution is -0.139. The molecule has 2 heterocycles. The molecule has 0 bridgehead atoms. The van der Waals surface area contributed by atoms with Crippen LogP contribution in [0.2, 0.25) is 5.02 Å². The molecule has 142 valence electrons. The third-order valence-corrected chi connectivity index (χ3v) is 6.88. The zero-order chi connectivity index (χ0) is 18.3. The number of halogens is 2. The van der Waals surface area contributed by atoms with Crippen LogP contribution in [-0.4, -0.2) is 47.7 Å². The molecule has 0 unspecified atom stereocenters. The van der Waals surface area contributed by atoms with Crippen molar-refractivity contribution < 1.29 is 14.3 Å². The van der Waals surface area contributed by atoms with E-state index in [2.05, 4.69) is 9.80 Å². The molecule has 1 amide bonds. The summed E-state index contributed by atoms with van der Waals surface area (Å²) in [6, 6.07) is 5.14. The fourth-order valence-corrected chi connectivity index (χ4v) is 5.26. The Bertz CT molecular complexity index is 692. The number of hydrogen-bond acceptors (Lipinski definition) is 3. The van der Waals surface area contributed by atoms with E-state index in [9.17, 15) is 14.3 Å². The number of aliphatic hydroxyl groups excluding tert-OH is 1. The van der Waals surface area contributed by atoms with Crippen molar-refractivity contribution in [2.45, 2.75) is 57.1 Å². The molecule has 3 aliphatic rings. The van der Waals surface area contributed by atoms with Gasteiger partial charge in [-0.05, 0) is 57.1 Å². The van der Waals surface area contributed by atoms with E-state index < -0.39 is 5.82 Å². The first-order valence-corrected chi connectivity index (χ1v) is 10.1. The highest BCUT2D eigenvalue weighted by Crippen LogP contribution is 2.44. The minimum absolute atomic E-state index is 0.146. The Morgan fingerprint density at radius 3 is 2.69 bits per heavy atom. The number of rotatable bonds is 2. The van der Waals surface area contributed by atoms with Crippen molar-refractivity contribution in [2.75, 3.05) is 24.5 Å². The Kier molecular flexibility index (Phi) is 4.86. The first kappa shape index (κ1) is 18.1. The molecule has 1 atom stereocenters. The molecule has 1 spiro atoms. The number of aliphatic hydroxyl groups is 1. The van der Waals surface area contributed by atoms with E-state index in [4.69, 9.17) is 11.6 Å². The van der Waals surface area contributed by atoms with Crippen LogP contribution < -0.4 is 4.90 Å². The molecule has 3 fully saturated rings. The van der Waals surface area contributed by atoms with Gasteiger partial charge in [0.25, 0.3) is 0 Å². The van der Waals surface area contributed by atoms with Crippen LogP contribution in [0.15, 0.2) is 18.2 Å². The summed E-state index contributed by atoms with van der Waals surface area (Å²) in [6.07, 6.45) is 5.80. The maximum Gasteiger partial charge on any atom is 0.230 e. The van der Waals surface area contributed by atoms with Crippen LogP contribution in [0.1, 0.15) is 44.9 Å². The minimum atomic E-state index is -0.413. The zero-order valence-electron chi connectivity index (χ0n) is 15.0. The van der Waals surface area contributed by atoms with E-state index in [0.717, 1.165) is 58.0 Å². The highest BCUT2D eigenvalue weighted by Gasteiger charge is 2.50. The number of anilines is 1. The van der Waals surface area contributed by atoms with Crippen LogP contribution in [0.4, 0.5) is 10.1 Å². The summed E-state index contributed by atoms with van der Waals surface area (Å²) in [5.41, 5.74) is 0.321. The largest absolute Gasteiger partial charge is 0.393 e. The summed E-state index contributed by atoms with van der Waals surface area (Å²) < 4.78 is 13.9. The van der Waals surface area contributed by atoms with E-state index in [1.165, 1.54) is 6.07 Å². The lowest BCUT2D eigenvalue weighted by Crippen LogP contribution is -2.50. The Morgan fingerprint density at radius 2 is 1.92 bits per heavy atom. The average molecular weight is 381 g/mol. The number of piperidine rings is 1. The van der Waals surface area contributed by atoms with Crippen molar-refractivity contribution in [1.82, 2.24) is 4.90 Å². The topological polar surface area (TPSA) is 43.8 Å². The molecule has 26 heavy (non-hydrogen) atoms. The monoisotopic (exact) mass is 380 g/mol. The van der Waals surface area contributed by atoms with Gasteiger partial charge in [-0.25, -0.2) is 4.39 Å². The van der Waals surface area contributed by atoms with Gasteiger partial charge in [-0.1, -0.05) is 17.7 Å². The molecule has 1 aromatic carbocycles. The van der Waals surface area contributed by atoms with Gasteiger partial charge in [-0.2, -0.15) is 0 Å². The molecular weight excluding hydrogens is 355 g/mol. The second-order valence-electron chi connectivity index (χ2n) is 8.09. The SMILES string of the molecule is O=C1N([C@H]2CC[C@H](O)CC2)CC[C@]12CCCN(c1cccc(F)c1Cl)C2. The Labute approximate surface area is 158 Å². The summed E-state index contributed by atoms with van der Waals surface area (Å²) in [6.45, 7) is 2.21. The maximum absolute atomic E-state index is 13.9. The molecular formula is C20H26ClFN2O2. The van der Waals surface area contributed by atoms with Crippen LogP contribution in [0.25, 0.3) is 0 Å². The first-order valence-electron chi connectivity index (χ1n) is 9.68. The number of carbonyl (C=O) groups is 1. The van der Waals surface area contributed by atoms with Gasteiger partial charge in [0.15, 0.2) is 0 Å². The molecule has 1 aromatic rings. The molecule has 4 nitrogen and oxygen atoms in total. The molecule has 2 aliphatic heterocycles. The quantitative estimate of drug-likeness (QED) is 0.852. The van der Waals surface area contributed by atoms with Crippen molar-refractivity contribution in [2.24, 2.45) is 5.41 Å². The summed E-state index contributed by atoms with van der Waals surface area (Å²) in [4.78, 5) is 17.5. The number of amides is 1. The number of hydrogen-bond donors (Lipinski definition) is 1. The molecule has 1 aliphatic carbocycles. The molecule has 0 aromatic heterocycles. The van der Waals surface area contributed by atoms with Crippen LogP contribution in [-0.2, 0) is 4.79 Å². The smallest absolute Gasteiger partial charge is 0.230 e. The molecule has 1 saturated carbocycles. The molecule has 4 rings (SSSR count). The second kappa shape index (κ2) is 7.01. The fourth-order valence-electron chi connectivity index (χ4n) is 5.02. The van der Waals surface area contributed by atoms with Crippen LogP contribution >= 0.6 is 11.6 Å². The minimum Gasteiger partial charge on any atom is -0.393 e. The number of carbonyl (C=O) groups excluding carboxylic acids is 1. The van der Waals surface area contributed by atoms with E-state index in [1.54, 1.807) is 6.07 Å². The zero-order valence-corrected chi connectivity index (χ0v) is 15.7. The van der Waals surface area contributed by atoms with Crippen molar-refractivity contribution in [3.05, 3.63) is 29.0 Å². The fraction of sp³-hybridized carbons (Fsp3) is 0.650. The lowest BCUT2D eigenvalue weighted by atomic mass is 9.78. The van der Waals surface area contributed by atoms with Gasteiger partial charge in [0.1, 0.15) is 5.82 Å². The molecule has 1 N–H and O–H groups in total. The van der Waals surface area contributed by atoms with Gasteiger partial charge in [0.05, 0.1) is 22.2 Å². The van der Waals surface area contributed by atoms with Crippen LogP contribution in [0.5, 0.6) is 0 Å². The van der Waals surface area contributed by atoms with E-state index >= 15 is 0 Å². The summed E-state index contributed by atoms with van der Waals surface area (Å²) in [5.74, 6) is -0.167. The normalized spacial score (nSPS) is 32.5. The first-order chi connectivity index (χ1) is 12.5. The van der Waals surface area contributed by atoms with Gasteiger partial charge >= 0.3 is 0 Å². The van der Waals surface area contributed by atoms with Crippen molar-refractivity contribution in [3.8, 4) is 0 Å². The highest BCUT2D eigenvalue weighted by molar-refractivity contribution is 6.33. The van der Waals surface area contributed by atoms with Gasteiger partial charge in [-0.3, -0.25) is 4.79 Å². The molecule has 6 heteroatoms. The third-order valence-electron chi connectivity index (χ3n) is 6.50. The average Bonchev–Trinajstić information content (AvgIpc) is 2.94. The molecule has 0 radical (unpaired) electrons. The number of benzene rings is 1. The maximum atomic E-state index is 13.9. The molecule has 2 saturated heterocycles. The Balaban J connectivity index is 1.52. The number of likely N-dealkylation sites (tertiary alicyclic amines) is 1. The van der Waals surface area contributed by atoms with E-state index in [-0.39, 0.29) is 28.5 Å². The standard InChI is InChI=1S/C20H26ClFN2O2/c21-18-16(22)3-1-4-17(18)23-11-2-9-20(13-23)10-12-24(19(20)26)14-5-7-15(25)8-6-14/h1,3-4,14-15,25H,2,5-13H2/t14-,15-,20-/m0/s1. The number of nitrogens with zero attached hydrogens (tertiary/aromatic N) is 2. The van der Waals surface area contributed by atoms with E-state index in [0.29, 0.717) is 12.2 Å². The van der Waals surface area contributed by atoms with Gasteiger partial charge in [0.2, 0.25) is 5.91 Å². The van der Waals surface area contributed by atoms with E-state index in [1.807, 2.05) is 6.07 Å². The van der Waals surface area contributed by atoms with Crippen molar-refractivity contribution in [1.29, 1.82) is 0 Å². The van der Waals surface area contributed by atoms with Crippen molar-refractivity contribution >= 4 is 23.2 Å². The predicted octanol–water partition coefficient (Wildman–Crippen LogP) is 3.60. The van der Waals surface area contributed by atoms with Gasteiger partial charge in [0, 0.05) is 25.7 Å².